The first-order valence-corrected chi connectivity index (χ1v) is 9.58. The van der Waals surface area contributed by atoms with Gasteiger partial charge < -0.3 is 10.0 Å². The number of aliphatic hydroxyl groups is 1. The van der Waals surface area contributed by atoms with E-state index in [9.17, 15) is 9.90 Å². The van der Waals surface area contributed by atoms with Gasteiger partial charge in [0.1, 0.15) is 5.69 Å². The lowest BCUT2D eigenvalue weighted by Crippen LogP contribution is -2.53. The maximum atomic E-state index is 12.6. The van der Waals surface area contributed by atoms with Crippen LogP contribution in [0.2, 0.25) is 0 Å². The molecule has 0 spiro atoms. The van der Waals surface area contributed by atoms with Crippen molar-refractivity contribution in [2.75, 3.05) is 26.2 Å². The van der Waals surface area contributed by atoms with Gasteiger partial charge in [0.05, 0.1) is 11.1 Å². The molecule has 1 saturated carbocycles. The second-order valence-electron chi connectivity index (χ2n) is 7.12. The molecule has 0 radical (unpaired) electrons. The number of nitrogens with zero attached hydrogens (tertiary/aromatic N) is 3. The first-order valence-electron chi connectivity index (χ1n) is 8.70. The number of hydrogen-bond donors (Lipinski definition) is 1. The van der Waals surface area contributed by atoms with E-state index in [-0.39, 0.29) is 12.0 Å². The summed E-state index contributed by atoms with van der Waals surface area (Å²) in [5, 5.41) is 13.0. The average Bonchev–Trinajstić information content (AvgIpc) is 3.15. The van der Waals surface area contributed by atoms with Gasteiger partial charge in [0, 0.05) is 44.0 Å². The Morgan fingerprint density at radius 3 is 2.70 bits per heavy atom. The predicted molar refractivity (Wildman–Crippen MR) is 91.8 cm³/mol. The molecular formula is C17H27N3O2S. The smallest absolute Gasteiger partial charge is 0.273 e. The minimum absolute atomic E-state index is 0.0582. The van der Waals surface area contributed by atoms with E-state index in [1.165, 1.54) is 0 Å². The van der Waals surface area contributed by atoms with Crippen LogP contribution in [-0.4, -0.2) is 64.1 Å². The van der Waals surface area contributed by atoms with Crippen LogP contribution in [0.25, 0.3) is 0 Å². The number of rotatable bonds is 4. The molecule has 0 bridgehead atoms. The number of thiazole rings is 1. The molecule has 2 unspecified atom stereocenters. The summed E-state index contributed by atoms with van der Waals surface area (Å²) in [6, 6.07) is 0.296. The van der Waals surface area contributed by atoms with Crippen molar-refractivity contribution in [2.45, 2.75) is 51.7 Å². The number of aromatic nitrogens is 1. The molecule has 1 amide bonds. The molecule has 0 aromatic carbocycles. The average molecular weight is 337 g/mol. The van der Waals surface area contributed by atoms with Crippen LogP contribution in [0.4, 0.5) is 0 Å². The van der Waals surface area contributed by atoms with E-state index in [1.54, 1.807) is 11.3 Å². The van der Waals surface area contributed by atoms with Gasteiger partial charge in [-0.1, -0.05) is 13.8 Å². The fourth-order valence-electron chi connectivity index (χ4n) is 3.62. The highest BCUT2D eigenvalue weighted by atomic mass is 32.1. The van der Waals surface area contributed by atoms with Crippen LogP contribution in [-0.2, 0) is 6.42 Å². The molecule has 1 aromatic heterocycles. The number of carbonyl (C=O) groups excluding carboxylic acids is 1. The molecule has 2 heterocycles. The third-order valence-electron chi connectivity index (χ3n) is 4.87. The highest BCUT2D eigenvalue weighted by Crippen LogP contribution is 2.25. The van der Waals surface area contributed by atoms with Crippen molar-refractivity contribution < 1.29 is 9.90 Å². The van der Waals surface area contributed by atoms with E-state index in [0.29, 0.717) is 17.7 Å². The zero-order chi connectivity index (χ0) is 16.4. The Bertz CT molecular complexity index is 538. The second-order valence-corrected chi connectivity index (χ2v) is 8.06. The summed E-state index contributed by atoms with van der Waals surface area (Å²) in [6.07, 6.45) is 3.86. The van der Waals surface area contributed by atoms with Gasteiger partial charge in [0.15, 0.2) is 0 Å². The molecule has 1 saturated heterocycles. The number of piperazine rings is 1. The van der Waals surface area contributed by atoms with Crippen LogP contribution in [0, 0.1) is 5.92 Å². The van der Waals surface area contributed by atoms with Crippen LogP contribution in [0.5, 0.6) is 0 Å². The quantitative estimate of drug-likeness (QED) is 0.913. The normalized spacial score (nSPS) is 26.2. The number of hydrogen-bond acceptors (Lipinski definition) is 5. The van der Waals surface area contributed by atoms with Crippen LogP contribution < -0.4 is 0 Å². The van der Waals surface area contributed by atoms with Crippen LogP contribution in [0.15, 0.2) is 5.38 Å². The summed E-state index contributed by atoms with van der Waals surface area (Å²) < 4.78 is 0. The van der Waals surface area contributed by atoms with Crippen molar-refractivity contribution in [3.8, 4) is 0 Å². The van der Waals surface area contributed by atoms with Gasteiger partial charge in [-0.3, -0.25) is 9.69 Å². The minimum atomic E-state index is -0.186. The Labute approximate surface area is 142 Å². The molecule has 23 heavy (non-hydrogen) atoms. The molecule has 1 aromatic rings. The van der Waals surface area contributed by atoms with Crippen molar-refractivity contribution in [2.24, 2.45) is 5.92 Å². The highest BCUT2D eigenvalue weighted by molar-refractivity contribution is 7.09. The summed E-state index contributed by atoms with van der Waals surface area (Å²) in [5.41, 5.74) is 0.597. The minimum Gasteiger partial charge on any atom is -0.391 e. The van der Waals surface area contributed by atoms with Crippen LogP contribution in [0.1, 0.15) is 48.6 Å². The topological polar surface area (TPSA) is 56.7 Å². The Morgan fingerprint density at radius 2 is 2.09 bits per heavy atom. The fourth-order valence-corrected chi connectivity index (χ4v) is 4.60. The number of carbonyl (C=O) groups is 1. The van der Waals surface area contributed by atoms with Crippen molar-refractivity contribution >= 4 is 17.2 Å². The number of amides is 1. The summed E-state index contributed by atoms with van der Waals surface area (Å²) in [7, 11) is 0. The van der Waals surface area contributed by atoms with E-state index in [1.807, 2.05) is 10.3 Å². The lowest BCUT2D eigenvalue weighted by atomic mass is 10.1. The van der Waals surface area contributed by atoms with Gasteiger partial charge in [-0.15, -0.1) is 11.3 Å². The molecule has 128 valence electrons. The zero-order valence-corrected chi connectivity index (χ0v) is 14.9. The molecular weight excluding hydrogens is 310 g/mol. The molecule has 1 aliphatic carbocycles. The molecule has 6 heteroatoms. The molecule has 2 atom stereocenters. The zero-order valence-electron chi connectivity index (χ0n) is 14.1. The van der Waals surface area contributed by atoms with Crippen molar-refractivity contribution in [1.82, 2.24) is 14.8 Å². The van der Waals surface area contributed by atoms with E-state index >= 15 is 0 Å². The highest BCUT2D eigenvalue weighted by Gasteiger charge is 2.33. The molecule has 2 fully saturated rings. The Balaban J connectivity index is 1.54. The largest absolute Gasteiger partial charge is 0.391 e. The first-order chi connectivity index (χ1) is 11.0. The van der Waals surface area contributed by atoms with E-state index < -0.39 is 0 Å². The molecule has 5 nitrogen and oxygen atoms in total. The third-order valence-corrected chi connectivity index (χ3v) is 5.74. The Kier molecular flexibility index (Phi) is 5.34. The van der Waals surface area contributed by atoms with Gasteiger partial charge in [0.25, 0.3) is 5.91 Å². The predicted octanol–water partition coefficient (Wildman–Crippen LogP) is 2.01. The monoisotopic (exact) mass is 337 g/mol. The van der Waals surface area contributed by atoms with E-state index in [2.05, 4.69) is 23.7 Å². The van der Waals surface area contributed by atoms with Gasteiger partial charge >= 0.3 is 0 Å². The van der Waals surface area contributed by atoms with Crippen LogP contribution >= 0.6 is 11.3 Å². The van der Waals surface area contributed by atoms with Crippen molar-refractivity contribution in [3.05, 3.63) is 16.1 Å². The first kappa shape index (κ1) is 16.9. The molecule has 2 aliphatic rings. The summed E-state index contributed by atoms with van der Waals surface area (Å²) >= 11 is 1.59. The van der Waals surface area contributed by atoms with Crippen molar-refractivity contribution in [3.63, 3.8) is 0 Å². The van der Waals surface area contributed by atoms with E-state index in [0.717, 1.165) is 56.9 Å². The lowest BCUT2D eigenvalue weighted by Gasteiger charge is -2.38. The summed E-state index contributed by atoms with van der Waals surface area (Å²) in [4.78, 5) is 21.4. The standard InChI is InChI=1S/C17H27N3O2S/c1-12(2)10-16-18-13(11-23-16)17(22)20-8-6-19(7-9-20)14-4-3-5-15(14)21/h11-12,14-15,21H,3-10H2,1-2H3. The molecule has 1 N–H and O–H groups in total. The molecule has 1 aliphatic heterocycles. The van der Waals surface area contributed by atoms with Crippen LogP contribution in [0.3, 0.4) is 0 Å². The Morgan fingerprint density at radius 1 is 1.35 bits per heavy atom. The second kappa shape index (κ2) is 7.28. The van der Waals surface area contributed by atoms with Gasteiger partial charge in [-0.2, -0.15) is 0 Å². The van der Waals surface area contributed by atoms with Gasteiger partial charge in [-0.05, 0) is 25.2 Å². The SMILES string of the molecule is CC(C)Cc1nc(C(=O)N2CCN(C3CCCC3O)CC2)cs1. The Hall–Kier alpha value is -0.980. The maximum absolute atomic E-state index is 12.6. The van der Waals surface area contributed by atoms with Crippen molar-refractivity contribution in [1.29, 1.82) is 0 Å². The summed E-state index contributed by atoms with van der Waals surface area (Å²) in [6.45, 7) is 7.52. The van der Waals surface area contributed by atoms with E-state index in [4.69, 9.17) is 0 Å². The third kappa shape index (κ3) is 3.92. The number of aliphatic hydroxyl groups excluding tert-OH is 1. The van der Waals surface area contributed by atoms with Gasteiger partial charge in [0.2, 0.25) is 0 Å². The lowest BCUT2D eigenvalue weighted by molar-refractivity contribution is 0.0313. The fraction of sp³-hybridized carbons (Fsp3) is 0.765. The van der Waals surface area contributed by atoms with Gasteiger partial charge in [-0.25, -0.2) is 4.98 Å². The summed E-state index contributed by atoms with van der Waals surface area (Å²) in [5.74, 6) is 0.619. The maximum Gasteiger partial charge on any atom is 0.273 e. The molecule has 3 rings (SSSR count).